The fourth-order valence-electron chi connectivity index (χ4n) is 3.65. The third-order valence-corrected chi connectivity index (χ3v) is 7.11. The van der Waals surface area contributed by atoms with Crippen LogP contribution in [-0.4, -0.2) is 68.7 Å². The Morgan fingerprint density at radius 1 is 1.13 bits per heavy atom. The van der Waals surface area contributed by atoms with Crippen molar-refractivity contribution in [2.45, 2.75) is 25.9 Å². The molecule has 1 saturated heterocycles. The van der Waals surface area contributed by atoms with Crippen molar-refractivity contribution in [1.82, 2.24) is 15.1 Å². The Morgan fingerprint density at radius 2 is 1.87 bits per heavy atom. The second-order valence-electron chi connectivity index (χ2n) is 7.42. The molecular weight excluding hydrogens is 466 g/mol. The van der Waals surface area contributed by atoms with Gasteiger partial charge >= 0.3 is 0 Å². The first kappa shape index (κ1) is 23.1. The largest absolute Gasteiger partial charge is 0.493 e. The van der Waals surface area contributed by atoms with E-state index in [0.717, 1.165) is 44.7 Å². The van der Waals surface area contributed by atoms with Gasteiger partial charge in [0.2, 0.25) is 5.91 Å². The number of rotatable bonds is 9. The van der Waals surface area contributed by atoms with Crippen LogP contribution in [0.3, 0.4) is 0 Å². The first-order chi connectivity index (χ1) is 14.5. The number of hydrogen-bond acceptors (Lipinski definition) is 6. The second kappa shape index (κ2) is 11.1. The van der Waals surface area contributed by atoms with Gasteiger partial charge < -0.3 is 14.8 Å². The van der Waals surface area contributed by atoms with Gasteiger partial charge in [0.15, 0.2) is 11.5 Å². The van der Waals surface area contributed by atoms with Crippen LogP contribution in [0.25, 0.3) is 0 Å². The van der Waals surface area contributed by atoms with E-state index in [9.17, 15) is 4.79 Å². The fraction of sp³-hybridized carbons (Fsp3) is 0.500. The van der Waals surface area contributed by atoms with Gasteiger partial charge in [-0.2, -0.15) is 0 Å². The molecule has 2 heterocycles. The number of nitrogens with zero attached hydrogens (tertiary/aromatic N) is 2. The number of thiophene rings is 1. The lowest BCUT2D eigenvalue weighted by Crippen LogP contribution is -2.53. The number of amides is 1. The van der Waals surface area contributed by atoms with Crippen LogP contribution in [0, 0.1) is 0 Å². The fourth-order valence-corrected chi connectivity index (χ4v) is 5.17. The molecule has 1 N–H and O–H groups in total. The zero-order valence-corrected chi connectivity index (χ0v) is 20.2. The summed E-state index contributed by atoms with van der Waals surface area (Å²) in [7, 11) is 3.25. The van der Waals surface area contributed by atoms with Gasteiger partial charge in [0.1, 0.15) is 0 Å². The summed E-state index contributed by atoms with van der Waals surface area (Å²) >= 11 is 5.31. The number of piperazine rings is 1. The standard InChI is InChI=1S/C22H30BrN3O3S/c1-16(26-12-10-25(11-13-26)15-18-5-7-21(23)30-18)22(27)24-9-8-17-4-6-19(28-2)20(14-17)29-3/h4-7,14,16H,8-13,15H2,1-3H3,(H,24,27). The molecule has 1 fully saturated rings. The molecule has 0 saturated carbocycles. The van der Waals surface area contributed by atoms with Gasteiger partial charge in [-0.05, 0) is 59.1 Å². The molecule has 3 rings (SSSR count). The van der Waals surface area contributed by atoms with E-state index in [1.165, 1.54) is 8.66 Å². The van der Waals surface area contributed by atoms with Crippen molar-refractivity contribution in [2.24, 2.45) is 0 Å². The zero-order chi connectivity index (χ0) is 21.5. The molecule has 0 bridgehead atoms. The normalized spacial score (nSPS) is 16.3. The summed E-state index contributed by atoms with van der Waals surface area (Å²) in [6.45, 7) is 7.38. The van der Waals surface area contributed by atoms with E-state index in [0.29, 0.717) is 18.0 Å². The van der Waals surface area contributed by atoms with Crippen LogP contribution in [0.4, 0.5) is 0 Å². The molecule has 1 atom stereocenters. The molecule has 0 spiro atoms. The average Bonchev–Trinajstić information content (AvgIpc) is 3.18. The summed E-state index contributed by atoms with van der Waals surface area (Å²) in [6, 6.07) is 10.0. The average molecular weight is 496 g/mol. The lowest BCUT2D eigenvalue weighted by Gasteiger charge is -2.37. The minimum atomic E-state index is -0.117. The lowest BCUT2D eigenvalue weighted by molar-refractivity contribution is -0.126. The van der Waals surface area contributed by atoms with Crippen molar-refractivity contribution in [3.8, 4) is 11.5 Å². The number of hydrogen-bond donors (Lipinski definition) is 1. The van der Waals surface area contributed by atoms with Crippen LogP contribution in [0.5, 0.6) is 11.5 Å². The molecule has 0 aliphatic carbocycles. The summed E-state index contributed by atoms with van der Waals surface area (Å²) in [5.74, 6) is 1.51. The maximum absolute atomic E-state index is 12.6. The molecule has 1 aliphatic rings. The molecule has 1 aromatic carbocycles. The van der Waals surface area contributed by atoms with Gasteiger partial charge in [0.25, 0.3) is 0 Å². The Labute approximate surface area is 191 Å². The van der Waals surface area contributed by atoms with Crippen LogP contribution in [-0.2, 0) is 17.8 Å². The number of carbonyl (C=O) groups excluding carboxylic acids is 1. The van der Waals surface area contributed by atoms with E-state index in [1.54, 1.807) is 25.6 Å². The number of ether oxygens (including phenoxy) is 2. The highest BCUT2D eigenvalue weighted by atomic mass is 79.9. The van der Waals surface area contributed by atoms with E-state index in [1.807, 2.05) is 25.1 Å². The van der Waals surface area contributed by atoms with Gasteiger partial charge in [0.05, 0.1) is 24.0 Å². The first-order valence-electron chi connectivity index (χ1n) is 10.2. The molecule has 164 valence electrons. The van der Waals surface area contributed by atoms with Crippen LogP contribution < -0.4 is 14.8 Å². The van der Waals surface area contributed by atoms with Crippen LogP contribution in [0.15, 0.2) is 34.1 Å². The van der Waals surface area contributed by atoms with E-state index in [-0.39, 0.29) is 11.9 Å². The Balaban J connectivity index is 1.40. The predicted molar refractivity (Wildman–Crippen MR) is 125 cm³/mol. The van der Waals surface area contributed by atoms with Crippen molar-refractivity contribution < 1.29 is 14.3 Å². The maximum atomic E-state index is 12.6. The predicted octanol–water partition coefficient (Wildman–Crippen LogP) is 3.39. The molecule has 1 aliphatic heterocycles. The van der Waals surface area contributed by atoms with Gasteiger partial charge in [0, 0.05) is 44.1 Å². The van der Waals surface area contributed by atoms with Crippen LogP contribution >= 0.6 is 27.3 Å². The van der Waals surface area contributed by atoms with E-state index in [2.05, 4.69) is 43.2 Å². The molecule has 8 heteroatoms. The summed E-state index contributed by atoms with van der Waals surface area (Å²) < 4.78 is 11.8. The molecule has 1 unspecified atom stereocenters. The quantitative estimate of drug-likeness (QED) is 0.577. The van der Waals surface area contributed by atoms with Crippen LogP contribution in [0.2, 0.25) is 0 Å². The number of nitrogens with one attached hydrogen (secondary N) is 1. The first-order valence-corrected chi connectivity index (χ1v) is 11.8. The highest BCUT2D eigenvalue weighted by Crippen LogP contribution is 2.27. The minimum absolute atomic E-state index is 0.0890. The SMILES string of the molecule is COc1ccc(CCNC(=O)C(C)N2CCN(Cc3ccc(Br)s3)CC2)cc1OC. The van der Waals surface area contributed by atoms with Crippen molar-refractivity contribution >= 4 is 33.2 Å². The highest BCUT2D eigenvalue weighted by molar-refractivity contribution is 9.11. The van der Waals surface area contributed by atoms with Crippen LogP contribution in [0.1, 0.15) is 17.4 Å². The van der Waals surface area contributed by atoms with Crippen molar-refractivity contribution in [3.05, 3.63) is 44.6 Å². The van der Waals surface area contributed by atoms with Gasteiger partial charge in [-0.3, -0.25) is 14.6 Å². The molecule has 6 nitrogen and oxygen atoms in total. The third-order valence-electron chi connectivity index (χ3n) is 5.50. The maximum Gasteiger partial charge on any atom is 0.237 e. The van der Waals surface area contributed by atoms with Crippen molar-refractivity contribution in [2.75, 3.05) is 46.9 Å². The zero-order valence-electron chi connectivity index (χ0n) is 17.8. The monoisotopic (exact) mass is 495 g/mol. The smallest absolute Gasteiger partial charge is 0.237 e. The molecule has 30 heavy (non-hydrogen) atoms. The summed E-state index contributed by atoms with van der Waals surface area (Å²) in [5.41, 5.74) is 1.11. The molecular formula is C22H30BrN3O3S. The lowest BCUT2D eigenvalue weighted by atomic mass is 10.1. The Hall–Kier alpha value is -1.61. The minimum Gasteiger partial charge on any atom is -0.493 e. The Kier molecular flexibility index (Phi) is 8.56. The molecule has 1 aromatic heterocycles. The van der Waals surface area contributed by atoms with Gasteiger partial charge in [-0.25, -0.2) is 0 Å². The second-order valence-corrected chi connectivity index (χ2v) is 9.97. The summed E-state index contributed by atoms with van der Waals surface area (Å²) in [5, 5.41) is 3.08. The number of halogens is 1. The van der Waals surface area contributed by atoms with E-state index in [4.69, 9.17) is 9.47 Å². The summed E-state index contributed by atoms with van der Waals surface area (Å²) in [6.07, 6.45) is 0.753. The summed E-state index contributed by atoms with van der Waals surface area (Å²) in [4.78, 5) is 18.7. The number of benzene rings is 1. The molecule has 0 radical (unpaired) electrons. The van der Waals surface area contributed by atoms with Crippen molar-refractivity contribution in [3.63, 3.8) is 0 Å². The molecule has 1 amide bonds. The van der Waals surface area contributed by atoms with E-state index >= 15 is 0 Å². The third kappa shape index (κ3) is 6.20. The van der Waals surface area contributed by atoms with E-state index < -0.39 is 0 Å². The Bertz CT molecular complexity index is 837. The van der Waals surface area contributed by atoms with Crippen molar-refractivity contribution in [1.29, 1.82) is 0 Å². The number of carbonyl (C=O) groups is 1. The van der Waals surface area contributed by atoms with Gasteiger partial charge in [-0.15, -0.1) is 11.3 Å². The topological polar surface area (TPSA) is 54.0 Å². The highest BCUT2D eigenvalue weighted by Gasteiger charge is 2.25. The Morgan fingerprint density at radius 3 is 2.50 bits per heavy atom. The van der Waals surface area contributed by atoms with Gasteiger partial charge in [-0.1, -0.05) is 6.07 Å². The molecule has 2 aromatic rings. The number of methoxy groups -OCH3 is 2.